The summed E-state index contributed by atoms with van der Waals surface area (Å²) in [6.45, 7) is 4.70. The maximum Gasteiger partial charge on any atom is 0.163 e. The highest BCUT2D eigenvalue weighted by atomic mass is 35.5. The summed E-state index contributed by atoms with van der Waals surface area (Å²) in [6.07, 6.45) is 10.7. The van der Waals surface area contributed by atoms with Crippen molar-refractivity contribution in [1.29, 1.82) is 0 Å². The van der Waals surface area contributed by atoms with Gasteiger partial charge in [0.05, 0.1) is 6.17 Å². The molecule has 0 saturated carbocycles. The van der Waals surface area contributed by atoms with Crippen molar-refractivity contribution in [2.75, 3.05) is 32.8 Å². The second-order valence-electron chi connectivity index (χ2n) is 7.30. The Morgan fingerprint density at radius 3 is 2.77 bits per heavy atom. The van der Waals surface area contributed by atoms with E-state index in [2.05, 4.69) is 22.1 Å². The molecule has 1 saturated heterocycles. The van der Waals surface area contributed by atoms with E-state index in [1.165, 1.54) is 12.8 Å². The fourth-order valence-electron chi connectivity index (χ4n) is 3.85. The maximum atomic E-state index is 6.13. The predicted molar refractivity (Wildman–Crippen MR) is 103 cm³/mol. The normalized spacial score (nSPS) is 26.3. The van der Waals surface area contributed by atoms with Crippen molar-refractivity contribution in [3.05, 3.63) is 47.6 Å². The molecule has 1 aromatic rings. The second kappa shape index (κ2) is 7.91. The molecule has 1 fully saturated rings. The zero-order valence-corrected chi connectivity index (χ0v) is 15.6. The van der Waals surface area contributed by atoms with Crippen molar-refractivity contribution in [3.63, 3.8) is 0 Å². The zero-order valence-electron chi connectivity index (χ0n) is 14.9. The van der Waals surface area contributed by atoms with Gasteiger partial charge in [0.25, 0.3) is 0 Å². The molecule has 3 aliphatic rings. The molecule has 0 aromatic heterocycles. The van der Waals surface area contributed by atoms with E-state index in [4.69, 9.17) is 26.8 Å². The summed E-state index contributed by atoms with van der Waals surface area (Å²) in [5, 5.41) is 0.675. The summed E-state index contributed by atoms with van der Waals surface area (Å²) in [5.74, 6) is 2.23. The molecule has 2 N–H and O–H groups in total. The fraction of sp³-hybridized carbons (Fsp3) is 0.500. The van der Waals surface area contributed by atoms with Crippen LogP contribution < -0.4 is 15.2 Å². The first-order chi connectivity index (χ1) is 12.7. The third-order valence-electron chi connectivity index (χ3n) is 5.34. The van der Waals surface area contributed by atoms with E-state index in [1.54, 1.807) is 0 Å². The number of rotatable bonds is 4. The molecular weight excluding hydrogens is 350 g/mol. The molecule has 140 valence electrons. The predicted octanol–water partition coefficient (Wildman–Crippen LogP) is 2.86. The van der Waals surface area contributed by atoms with Crippen LogP contribution in [0.4, 0.5) is 0 Å². The smallest absolute Gasteiger partial charge is 0.163 e. The van der Waals surface area contributed by atoms with Crippen LogP contribution in [0.15, 0.2) is 42.6 Å². The first-order valence-electron chi connectivity index (χ1n) is 9.35. The van der Waals surface area contributed by atoms with E-state index in [1.807, 2.05) is 30.4 Å². The van der Waals surface area contributed by atoms with Gasteiger partial charge in [0, 0.05) is 30.4 Å². The van der Waals surface area contributed by atoms with Crippen LogP contribution in [0.5, 0.6) is 11.5 Å². The summed E-state index contributed by atoms with van der Waals surface area (Å²) in [4.78, 5) is 4.71. The van der Waals surface area contributed by atoms with Gasteiger partial charge in [0.1, 0.15) is 12.7 Å². The first-order valence-corrected chi connectivity index (χ1v) is 9.73. The van der Waals surface area contributed by atoms with Gasteiger partial charge >= 0.3 is 0 Å². The number of benzene rings is 1. The van der Waals surface area contributed by atoms with Gasteiger partial charge in [-0.25, -0.2) is 0 Å². The van der Waals surface area contributed by atoms with Crippen LogP contribution in [0.25, 0.3) is 0 Å². The number of halogens is 1. The second-order valence-corrected chi connectivity index (χ2v) is 7.74. The lowest BCUT2D eigenvalue weighted by atomic mass is 9.95. The lowest BCUT2D eigenvalue weighted by Gasteiger charge is -2.38. The Morgan fingerprint density at radius 1 is 1.12 bits per heavy atom. The number of piperidine rings is 1. The van der Waals surface area contributed by atoms with Gasteiger partial charge in [-0.3, -0.25) is 4.90 Å². The molecule has 2 atom stereocenters. The third kappa shape index (κ3) is 4.17. The minimum Gasteiger partial charge on any atom is -0.486 e. The molecule has 0 bridgehead atoms. The average Bonchev–Trinajstić information content (AvgIpc) is 2.65. The highest BCUT2D eigenvalue weighted by Crippen LogP contribution is 2.34. The molecule has 4 rings (SSSR count). The van der Waals surface area contributed by atoms with Crippen LogP contribution in [0.1, 0.15) is 12.8 Å². The van der Waals surface area contributed by atoms with E-state index in [-0.39, 0.29) is 12.3 Å². The number of likely N-dealkylation sites (tertiary alicyclic amines) is 1. The molecule has 1 aromatic carbocycles. The Morgan fingerprint density at radius 2 is 1.96 bits per heavy atom. The van der Waals surface area contributed by atoms with Gasteiger partial charge in [-0.1, -0.05) is 17.7 Å². The lowest BCUT2D eigenvalue weighted by molar-refractivity contribution is 0.0454. The Kier molecular flexibility index (Phi) is 5.38. The molecule has 2 unspecified atom stereocenters. The molecule has 0 aliphatic carbocycles. The molecular formula is C20H26ClN3O2. The van der Waals surface area contributed by atoms with Crippen LogP contribution in [0.2, 0.25) is 5.02 Å². The van der Waals surface area contributed by atoms with Crippen LogP contribution in [-0.2, 0) is 0 Å². The fourth-order valence-corrected chi connectivity index (χ4v) is 4.01. The van der Waals surface area contributed by atoms with Crippen molar-refractivity contribution in [2.24, 2.45) is 11.7 Å². The third-order valence-corrected chi connectivity index (χ3v) is 5.58. The van der Waals surface area contributed by atoms with Crippen molar-refractivity contribution in [1.82, 2.24) is 9.80 Å². The highest BCUT2D eigenvalue weighted by Gasteiger charge is 2.27. The number of ether oxygens (including phenoxy) is 2. The minimum atomic E-state index is 0.0118. The Hall–Kier alpha value is -1.69. The number of nitrogens with two attached hydrogens (primary N) is 1. The summed E-state index contributed by atoms with van der Waals surface area (Å²) in [5.41, 5.74) is 6.13. The molecule has 26 heavy (non-hydrogen) atoms. The number of nitrogens with zero attached hydrogens (tertiary/aromatic N) is 2. The summed E-state index contributed by atoms with van der Waals surface area (Å²) in [7, 11) is 0. The maximum absolute atomic E-state index is 6.13. The van der Waals surface area contributed by atoms with Crippen LogP contribution in [-0.4, -0.2) is 54.9 Å². The number of hydrogen-bond donors (Lipinski definition) is 1. The first kappa shape index (κ1) is 17.7. The molecule has 3 heterocycles. The van der Waals surface area contributed by atoms with E-state index < -0.39 is 0 Å². The van der Waals surface area contributed by atoms with Crippen molar-refractivity contribution >= 4 is 11.6 Å². The molecule has 0 spiro atoms. The standard InChI is InChI=1S/C20H26ClN3O2/c21-16-4-5-18-19(11-16)26-17(14-25-18)13-23-9-6-15(7-10-23)12-24-8-2-1-3-20(24)22/h1-5,8,11,15,17,20H,6-7,9-10,12-14,22H2. The number of hydrogen-bond acceptors (Lipinski definition) is 5. The van der Waals surface area contributed by atoms with Gasteiger partial charge < -0.3 is 20.1 Å². The van der Waals surface area contributed by atoms with Gasteiger partial charge in [0.15, 0.2) is 11.5 Å². The van der Waals surface area contributed by atoms with Gasteiger partial charge in [0.2, 0.25) is 0 Å². The van der Waals surface area contributed by atoms with Crippen molar-refractivity contribution < 1.29 is 9.47 Å². The SMILES string of the molecule is NC1C=CC=CN1CC1CCN(CC2COc3ccc(Cl)cc3O2)CC1. The van der Waals surface area contributed by atoms with Crippen LogP contribution in [0, 0.1) is 5.92 Å². The van der Waals surface area contributed by atoms with Crippen molar-refractivity contribution in [3.8, 4) is 11.5 Å². The monoisotopic (exact) mass is 375 g/mol. The number of fused-ring (bicyclic) bond motifs is 1. The van der Waals surface area contributed by atoms with E-state index in [9.17, 15) is 0 Å². The number of allylic oxidation sites excluding steroid dienone is 2. The molecule has 5 nitrogen and oxygen atoms in total. The molecule has 0 amide bonds. The Balaban J connectivity index is 1.24. The molecule has 0 radical (unpaired) electrons. The Bertz CT molecular complexity index is 686. The van der Waals surface area contributed by atoms with Gasteiger partial charge in [-0.05, 0) is 56.1 Å². The minimum absolute atomic E-state index is 0.0118. The van der Waals surface area contributed by atoms with Crippen molar-refractivity contribution in [2.45, 2.75) is 25.1 Å². The van der Waals surface area contributed by atoms with Gasteiger partial charge in [-0.15, -0.1) is 0 Å². The van der Waals surface area contributed by atoms with E-state index in [0.29, 0.717) is 17.5 Å². The largest absolute Gasteiger partial charge is 0.486 e. The van der Waals surface area contributed by atoms with Crippen LogP contribution in [0.3, 0.4) is 0 Å². The zero-order chi connectivity index (χ0) is 17.9. The molecule has 3 aliphatic heterocycles. The quantitative estimate of drug-likeness (QED) is 0.877. The highest BCUT2D eigenvalue weighted by molar-refractivity contribution is 6.30. The topological polar surface area (TPSA) is 51.0 Å². The van der Waals surface area contributed by atoms with Crippen LogP contribution >= 0.6 is 11.6 Å². The average molecular weight is 376 g/mol. The van der Waals surface area contributed by atoms with E-state index in [0.717, 1.165) is 37.7 Å². The summed E-state index contributed by atoms with van der Waals surface area (Å²) < 4.78 is 11.9. The Labute approximate surface area is 160 Å². The van der Waals surface area contributed by atoms with Gasteiger partial charge in [-0.2, -0.15) is 0 Å². The summed E-state index contributed by atoms with van der Waals surface area (Å²) in [6, 6.07) is 5.53. The summed E-state index contributed by atoms with van der Waals surface area (Å²) >= 11 is 6.05. The molecule has 6 heteroatoms. The van der Waals surface area contributed by atoms with E-state index >= 15 is 0 Å². The lowest BCUT2D eigenvalue weighted by Crippen LogP contribution is -2.46.